The summed E-state index contributed by atoms with van der Waals surface area (Å²) in [5.41, 5.74) is 1.22. The molecule has 0 atom stereocenters. The molecule has 0 aliphatic carbocycles. The van der Waals surface area contributed by atoms with Crippen LogP contribution in [0.4, 0.5) is 0 Å². The van der Waals surface area contributed by atoms with Gasteiger partial charge in [-0.25, -0.2) is 4.99 Å². The third-order valence-electron chi connectivity index (χ3n) is 2.82. The summed E-state index contributed by atoms with van der Waals surface area (Å²) in [6, 6.07) is 10.3. The smallest absolute Gasteiger partial charge is 0.191 e. The van der Waals surface area contributed by atoms with Crippen molar-refractivity contribution in [1.29, 1.82) is 0 Å². The predicted molar refractivity (Wildman–Crippen MR) is 89.5 cm³/mol. The highest BCUT2D eigenvalue weighted by molar-refractivity contribution is 5.79. The van der Waals surface area contributed by atoms with E-state index in [4.69, 9.17) is 4.74 Å². The number of rotatable bonds is 9. The van der Waals surface area contributed by atoms with Crippen LogP contribution >= 0.6 is 0 Å². The highest BCUT2D eigenvalue weighted by Crippen LogP contribution is 1.99. The first kappa shape index (κ1) is 17.5. The minimum atomic E-state index is 0.600. The van der Waals surface area contributed by atoms with Crippen LogP contribution in [0.15, 0.2) is 35.3 Å². The van der Waals surface area contributed by atoms with Gasteiger partial charge in [0.05, 0.1) is 6.54 Å². The molecule has 0 radical (unpaired) electrons. The molecule has 0 aliphatic heterocycles. The maximum Gasteiger partial charge on any atom is 0.191 e. The minimum absolute atomic E-state index is 0.600. The maximum atomic E-state index is 5.57. The molecule has 21 heavy (non-hydrogen) atoms. The summed E-state index contributed by atoms with van der Waals surface area (Å²) in [5, 5.41) is 6.60. The van der Waals surface area contributed by atoms with Gasteiger partial charge in [-0.1, -0.05) is 44.2 Å². The number of guanidine groups is 1. The van der Waals surface area contributed by atoms with Crippen molar-refractivity contribution in [3.8, 4) is 0 Å². The Bertz CT molecular complexity index is 390. The molecule has 0 amide bonds. The second-order valence-electron chi connectivity index (χ2n) is 5.43. The number of benzene rings is 1. The lowest BCUT2D eigenvalue weighted by Gasteiger charge is -2.12. The van der Waals surface area contributed by atoms with Crippen LogP contribution in [0, 0.1) is 5.92 Å². The zero-order valence-corrected chi connectivity index (χ0v) is 13.6. The van der Waals surface area contributed by atoms with Gasteiger partial charge in [-0.15, -0.1) is 0 Å². The van der Waals surface area contributed by atoms with Gasteiger partial charge in [0.15, 0.2) is 5.96 Å². The second-order valence-corrected chi connectivity index (χ2v) is 5.43. The molecule has 0 aliphatic rings. The van der Waals surface area contributed by atoms with Gasteiger partial charge in [0.1, 0.15) is 0 Å². The molecule has 1 aromatic carbocycles. The summed E-state index contributed by atoms with van der Waals surface area (Å²) in [4.78, 5) is 4.58. The molecule has 0 bridgehead atoms. The average molecular weight is 291 g/mol. The first-order valence-corrected chi connectivity index (χ1v) is 7.86. The van der Waals surface area contributed by atoms with Crippen LogP contribution in [0.2, 0.25) is 0 Å². The van der Waals surface area contributed by atoms with E-state index in [0.717, 1.165) is 38.7 Å². The minimum Gasteiger partial charge on any atom is -0.381 e. The quantitative estimate of drug-likeness (QED) is 0.418. The van der Waals surface area contributed by atoms with Crippen molar-refractivity contribution in [1.82, 2.24) is 10.6 Å². The van der Waals surface area contributed by atoms with Crippen LogP contribution in [0.25, 0.3) is 0 Å². The fourth-order valence-corrected chi connectivity index (χ4v) is 1.80. The Morgan fingerprint density at radius 2 is 1.95 bits per heavy atom. The predicted octanol–water partition coefficient (Wildman–Crippen LogP) is 2.80. The van der Waals surface area contributed by atoms with Gasteiger partial charge in [0, 0.05) is 26.3 Å². The fraction of sp³-hybridized carbons (Fsp3) is 0.588. The zero-order valence-electron chi connectivity index (χ0n) is 13.6. The molecule has 4 nitrogen and oxygen atoms in total. The molecule has 0 spiro atoms. The Balaban J connectivity index is 2.26. The second kappa shape index (κ2) is 11.1. The molecule has 0 saturated carbocycles. The monoisotopic (exact) mass is 291 g/mol. The Morgan fingerprint density at radius 3 is 2.62 bits per heavy atom. The molecular formula is C17H29N3O. The van der Waals surface area contributed by atoms with E-state index in [2.05, 4.69) is 48.5 Å². The van der Waals surface area contributed by atoms with Gasteiger partial charge in [0.2, 0.25) is 0 Å². The Labute approximate surface area is 129 Å². The van der Waals surface area contributed by atoms with Crippen molar-refractivity contribution in [3.63, 3.8) is 0 Å². The normalized spacial score (nSPS) is 11.7. The molecular weight excluding hydrogens is 262 g/mol. The van der Waals surface area contributed by atoms with E-state index in [1.54, 1.807) is 0 Å². The average Bonchev–Trinajstić information content (AvgIpc) is 2.49. The summed E-state index contributed by atoms with van der Waals surface area (Å²) in [5.74, 6) is 1.47. The highest BCUT2D eigenvalue weighted by atomic mass is 16.5. The number of aliphatic imine (C=N–C) groups is 1. The van der Waals surface area contributed by atoms with E-state index >= 15 is 0 Å². The van der Waals surface area contributed by atoms with Gasteiger partial charge >= 0.3 is 0 Å². The van der Waals surface area contributed by atoms with E-state index in [1.165, 1.54) is 5.56 Å². The number of nitrogens with zero attached hydrogens (tertiary/aromatic N) is 1. The molecule has 1 aromatic rings. The molecule has 4 heteroatoms. The number of hydrogen-bond donors (Lipinski definition) is 2. The summed E-state index contributed by atoms with van der Waals surface area (Å²) >= 11 is 0. The van der Waals surface area contributed by atoms with Crippen molar-refractivity contribution in [2.75, 3.05) is 26.3 Å². The maximum absolute atomic E-state index is 5.57. The summed E-state index contributed by atoms with van der Waals surface area (Å²) in [7, 11) is 0. The molecule has 0 unspecified atom stereocenters. The van der Waals surface area contributed by atoms with Crippen molar-refractivity contribution < 1.29 is 4.74 Å². The lowest BCUT2D eigenvalue weighted by molar-refractivity contribution is 0.108. The van der Waals surface area contributed by atoms with Crippen molar-refractivity contribution in [3.05, 3.63) is 35.9 Å². The van der Waals surface area contributed by atoms with Crippen LogP contribution in [0.1, 0.15) is 32.8 Å². The topological polar surface area (TPSA) is 45.7 Å². The van der Waals surface area contributed by atoms with Gasteiger partial charge in [-0.2, -0.15) is 0 Å². The van der Waals surface area contributed by atoms with Crippen LogP contribution in [0.3, 0.4) is 0 Å². The summed E-state index contributed by atoms with van der Waals surface area (Å²) in [6.07, 6.45) is 0.989. The van der Waals surface area contributed by atoms with E-state index in [-0.39, 0.29) is 0 Å². The van der Waals surface area contributed by atoms with Crippen molar-refractivity contribution >= 4 is 5.96 Å². The lowest BCUT2D eigenvalue weighted by Crippen LogP contribution is -2.38. The van der Waals surface area contributed by atoms with Crippen molar-refractivity contribution in [2.45, 2.75) is 33.7 Å². The van der Waals surface area contributed by atoms with E-state index in [0.29, 0.717) is 12.5 Å². The van der Waals surface area contributed by atoms with E-state index in [9.17, 15) is 0 Å². The van der Waals surface area contributed by atoms with Gasteiger partial charge in [0.25, 0.3) is 0 Å². The molecule has 0 saturated heterocycles. The number of hydrogen-bond acceptors (Lipinski definition) is 2. The SMILES string of the molecule is CCNC(=NCc1ccccc1)NCCCOCC(C)C. The van der Waals surface area contributed by atoms with Crippen LogP contribution in [-0.4, -0.2) is 32.3 Å². The van der Waals surface area contributed by atoms with Gasteiger partial charge in [-0.3, -0.25) is 0 Å². The molecule has 1 rings (SSSR count). The first-order valence-electron chi connectivity index (χ1n) is 7.86. The van der Waals surface area contributed by atoms with Crippen LogP contribution < -0.4 is 10.6 Å². The first-order chi connectivity index (χ1) is 10.2. The van der Waals surface area contributed by atoms with E-state index in [1.807, 2.05) is 18.2 Å². The summed E-state index contributed by atoms with van der Waals surface area (Å²) in [6.45, 7) is 10.5. The third-order valence-corrected chi connectivity index (χ3v) is 2.82. The van der Waals surface area contributed by atoms with Gasteiger partial charge < -0.3 is 15.4 Å². The van der Waals surface area contributed by atoms with Crippen LogP contribution in [-0.2, 0) is 11.3 Å². The van der Waals surface area contributed by atoms with Crippen molar-refractivity contribution in [2.24, 2.45) is 10.9 Å². The molecule has 0 fully saturated rings. The fourth-order valence-electron chi connectivity index (χ4n) is 1.80. The Hall–Kier alpha value is -1.55. The molecule has 0 aromatic heterocycles. The third kappa shape index (κ3) is 9.08. The highest BCUT2D eigenvalue weighted by Gasteiger charge is 1.98. The molecule has 118 valence electrons. The molecule has 0 heterocycles. The standard InChI is InChI=1S/C17H29N3O/c1-4-18-17(19-11-8-12-21-14-15(2)3)20-13-16-9-6-5-7-10-16/h5-7,9-10,15H,4,8,11-14H2,1-3H3,(H2,18,19,20). The Morgan fingerprint density at radius 1 is 1.19 bits per heavy atom. The summed E-state index contributed by atoms with van der Waals surface area (Å²) < 4.78 is 5.57. The van der Waals surface area contributed by atoms with E-state index < -0.39 is 0 Å². The lowest BCUT2D eigenvalue weighted by atomic mass is 10.2. The largest absolute Gasteiger partial charge is 0.381 e. The van der Waals surface area contributed by atoms with Gasteiger partial charge in [-0.05, 0) is 24.8 Å². The van der Waals surface area contributed by atoms with Crippen LogP contribution in [0.5, 0.6) is 0 Å². The zero-order chi connectivity index (χ0) is 15.3. The molecule has 2 N–H and O–H groups in total. The number of ether oxygens (including phenoxy) is 1. The Kier molecular flexibility index (Phi) is 9.29. The number of nitrogens with one attached hydrogen (secondary N) is 2.